The number of nitrogens with two attached hydrogens (primary N) is 1. The lowest BCUT2D eigenvalue weighted by molar-refractivity contribution is 0.0790. The van der Waals surface area contributed by atoms with Crippen LogP contribution in [0.3, 0.4) is 0 Å². The first-order valence-corrected chi connectivity index (χ1v) is 9.97. The van der Waals surface area contributed by atoms with Crippen LogP contribution < -0.4 is 10.5 Å². The maximum atomic E-state index is 12.5. The fourth-order valence-corrected chi connectivity index (χ4v) is 3.99. The van der Waals surface area contributed by atoms with E-state index >= 15 is 0 Å². The normalized spacial score (nSPS) is 17.4. The average molecular weight is 374 g/mol. The molecule has 0 aliphatic carbocycles. The van der Waals surface area contributed by atoms with E-state index in [0.717, 1.165) is 12.0 Å². The molecule has 1 aromatic carbocycles. The summed E-state index contributed by atoms with van der Waals surface area (Å²) in [5.41, 5.74) is 7.14. The second-order valence-electron chi connectivity index (χ2n) is 6.34. The SMILES string of the molecule is N[C@H]1CCN(C(=O)c2cccc(S(=O)(=O)NCCc3cccnc3)c2)C1. The Morgan fingerprint density at radius 3 is 2.85 bits per heavy atom. The molecule has 1 fully saturated rings. The summed E-state index contributed by atoms with van der Waals surface area (Å²) in [7, 11) is -3.69. The van der Waals surface area contributed by atoms with Crippen LogP contribution in [-0.2, 0) is 16.4 Å². The Labute approximate surface area is 153 Å². The Kier molecular flexibility index (Phi) is 5.65. The highest BCUT2D eigenvalue weighted by Crippen LogP contribution is 2.16. The molecular formula is C18H22N4O3S. The molecule has 1 aliphatic heterocycles. The summed E-state index contributed by atoms with van der Waals surface area (Å²) in [4.78, 5) is 18.3. The van der Waals surface area contributed by atoms with Gasteiger partial charge >= 0.3 is 0 Å². The van der Waals surface area contributed by atoms with E-state index in [1.54, 1.807) is 29.4 Å². The molecule has 138 valence electrons. The van der Waals surface area contributed by atoms with Gasteiger partial charge in [-0.25, -0.2) is 13.1 Å². The predicted molar refractivity (Wildman–Crippen MR) is 98.1 cm³/mol. The minimum atomic E-state index is -3.69. The molecule has 0 unspecified atom stereocenters. The summed E-state index contributed by atoms with van der Waals surface area (Å²) in [5.74, 6) is -0.189. The van der Waals surface area contributed by atoms with Crippen LogP contribution >= 0.6 is 0 Å². The standard InChI is InChI=1S/C18H22N4O3S/c19-16-7-10-22(13-16)18(23)15-4-1-5-17(11-15)26(24,25)21-9-6-14-3-2-8-20-12-14/h1-5,8,11-12,16,21H,6-7,9-10,13,19H2/t16-/m0/s1. The molecule has 0 saturated carbocycles. The predicted octanol–water partition coefficient (Wildman–Crippen LogP) is 0.776. The first-order valence-electron chi connectivity index (χ1n) is 8.49. The van der Waals surface area contributed by atoms with Crippen LogP contribution in [0.25, 0.3) is 0 Å². The van der Waals surface area contributed by atoms with Crippen molar-refractivity contribution >= 4 is 15.9 Å². The van der Waals surface area contributed by atoms with Gasteiger partial charge in [0.1, 0.15) is 0 Å². The van der Waals surface area contributed by atoms with Crippen LogP contribution in [0.5, 0.6) is 0 Å². The zero-order valence-electron chi connectivity index (χ0n) is 14.3. The lowest BCUT2D eigenvalue weighted by Gasteiger charge is -2.16. The minimum absolute atomic E-state index is 0.0139. The number of hydrogen-bond acceptors (Lipinski definition) is 5. The summed E-state index contributed by atoms with van der Waals surface area (Å²) in [6.45, 7) is 1.35. The molecule has 1 atom stereocenters. The second-order valence-corrected chi connectivity index (χ2v) is 8.10. The molecule has 1 saturated heterocycles. The van der Waals surface area contributed by atoms with Crippen molar-refractivity contribution in [1.82, 2.24) is 14.6 Å². The van der Waals surface area contributed by atoms with Crippen molar-refractivity contribution in [3.8, 4) is 0 Å². The number of nitrogens with one attached hydrogen (secondary N) is 1. The Balaban J connectivity index is 1.67. The second kappa shape index (κ2) is 7.94. The van der Waals surface area contributed by atoms with Gasteiger partial charge in [0.2, 0.25) is 10.0 Å². The molecular weight excluding hydrogens is 352 g/mol. The molecule has 26 heavy (non-hydrogen) atoms. The topological polar surface area (TPSA) is 105 Å². The van der Waals surface area contributed by atoms with Crippen molar-refractivity contribution in [2.45, 2.75) is 23.8 Å². The highest BCUT2D eigenvalue weighted by molar-refractivity contribution is 7.89. The Morgan fingerprint density at radius 2 is 2.15 bits per heavy atom. The lowest BCUT2D eigenvalue weighted by Crippen LogP contribution is -2.32. The van der Waals surface area contributed by atoms with Gasteiger partial charge in [-0.15, -0.1) is 0 Å². The quantitative estimate of drug-likeness (QED) is 0.777. The van der Waals surface area contributed by atoms with Gasteiger partial charge in [0.15, 0.2) is 0 Å². The van der Waals surface area contributed by atoms with Crippen LogP contribution in [0.2, 0.25) is 0 Å². The maximum absolute atomic E-state index is 12.5. The number of amides is 1. The van der Waals surface area contributed by atoms with E-state index in [9.17, 15) is 13.2 Å². The first-order chi connectivity index (χ1) is 12.5. The molecule has 2 heterocycles. The van der Waals surface area contributed by atoms with E-state index in [4.69, 9.17) is 5.73 Å². The van der Waals surface area contributed by atoms with Crippen LogP contribution in [0.1, 0.15) is 22.3 Å². The number of hydrogen-bond donors (Lipinski definition) is 2. The van der Waals surface area contributed by atoms with Gasteiger partial charge in [-0.1, -0.05) is 12.1 Å². The average Bonchev–Trinajstić information content (AvgIpc) is 3.08. The number of rotatable bonds is 6. The van der Waals surface area contributed by atoms with Gasteiger partial charge < -0.3 is 10.6 Å². The molecule has 0 radical (unpaired) electrons. The van der Waals surface area contributed by atoms with Crippen LogP contribution in [0.4, 0.5) is 0 Å². The Morgan fingerprint density at radius 1 is 1.31 bits per heavy atom. The Bertz CT molecular complexity index is 871. The van der Waals surface area contributed by atoms with Gasteiger partial charge in [0.05, 0.1) is 4.90 Å². The van der Waals surface area contributed by atoms with Crippen molar-refractivity contribution in [2.75, 3.05) is 19.6 Å². The number of carbonyl (C=O) groups excluding carboxylic acids is 1. The molecule has 3 rings (SSSR count). The summed E-state index contributed by atoms with van der Waals surface area (Å²) in [6, 6.07) is 9.79. The maximum Gasteiger partial charge on any atom is 0.253 e. The van der Waals surface area contributed by atoms with Crippen molar-refractivity contribution in [3.63, 3.8) is 0 Å². The fourth-order valence-electron chi connectivity index (χ4n) is 2.91. The van der Waals surface area contributed by atoms with Crippen molar-refractivity contribution in [2.24, 2.45) is 5.73 Å². The smallest absolute Gasteiger partial charge is 0.253 e. The van der Waals surface area contributed by atoms with Crippen molar-refractivity contribution < 1.29 is 13.2 Å². The molecule has 0 spiro atoms. The zero-order chi connectivity index (χ0) is 18.6. The summed E-state index contributed by atoms with van der Waals surface area (Å²) in [6.07, 6.45) is 4.68. The Hall–Kier alpha value is -2.29. The number of pyridine rings is 1. The van der Waals surface area contributed by atoms with Gasteiger partial charge in [-0.05, 0) is 42.7 Å². The highest BCUT2D eigenvalue weighted by atomic mass is 32.2. The summed E-state index contributed by atoms with van der Waals surface area (Å²) >= 11 is 0. The van der Waals surface area contributed by atoms with E-state index in [1.165, 1.54) is 12.1 Å². The number of carbonyl (C=O) groups is 1. The van der Waals surface area contributed by atoms with Crippen molar-refractivity contribution in [3.05, 3.63) is 59.9 Å². The molecule has 1 aromatic heterocycles. The zero-order valence-corrected chi connectivity index (χ0v) is 15.2. The monoisotopic (exact) mass is 374 g/mol. The van der Waals surface area contributed by atoms with Gasteiger partial charge in [-0.3, -0.25) is 9.78 Å². The molecule has 2 aromatic rings. The molecule has 8 heteroatoms. The summed E-state index contributed by atoms with van der Waals surface area (Å²) in [5, 5.41) is 0. The third-order valence-corrected chi connectivity index (χ3v) is 5.79. The van der Waals surface area contributed by atoms with Gasteiger partial charge in [0, 0.05) is 43.6 Å². The van der Waals surface area contributed by atoms with E-state index < -0.39 is 10.0 Å². The molecule has 0 bridgehead atoms. The lowest BCUT2D eigenvalue weighted by atomic mass is 10.2. The van der Waals surface area contributed by atoms with E-state index in [-0.39, 0.29) is 23.4 Å². The summed E-state index contributed by atoms with van der Waals surface area (Å²) < 4.78 is 27.6. The number of likely N-dealkylation sites (tertiary alicyclic amines) is 1. The van der Waals surface area contributed by atoms with Gasteiger partial charge in [0.25, 0.3) is 5.91 Å². The van der Waals surface area contributed by atoms with Crippen LogP contribution in [-0.4, -0.2) is 49.9 Å². The molecule has 3 N–H and O–H groups in total. The number of sulfonamides is 1. The molecule has 1 amide bonds. The van der Waals surface area contributed by atoms with Crippen LogP contribution in [0, 0.1) is 0 Å². The van der Waals surface area contributed by atoms with Crippen LogP contribution in [0.15, 0.2) is 53.7 Å². The van der Waals surface area contributed by atoms with Crippen molar-refractivity contribution in [1.29, 1.82) is 0 Å². The number of nitrogens with zero attached hydrogens (tertiary/aromatic N) is 2. The van der Waals surface area contributed by atoms with E-state index in [2.05, 4.69) is 9.71 Å². The third kappa shape index (κ3) is 4.46. The largest absolute Gasteiger partial charge is 0.337 e. The van der Waals surface area contributed by atoms with E-state index in [0.29, 0.717) is 25.1 Å². The molecule has 1 aliphatic rings. The van der Waals surface area contributed by atoms with Gasteiger partial charge in [-0.2, -0.15) is 0 Å². The minimum Gasteiger partial charge on any atom is -0.337 e. The highest BCUT2D eigenvalue weighted by Gasteiger charge is 2.25. The first kappa shape index (κ1) is 18.5. The molecule has 7 nitrogen and oxygen atoms in total. The number of aromatic nitrogens is 1. The van der Waals surface area contributed by atoms with E-state index in [1.807, 2.05) is 12.1 Å². The number of benzene rings is 1. The third-order valence-electron chi connectivity index (χ3n) is 4.33. The fraction of sp³-hybridized carbons (Fsp3) is 0.333.